The second-order valence-electron chi connectivity index (χ2n) is 3.95. The van der Waals surface area contributed by atoms with Crippen molar-refractivity contribution in [3.8, 4) is 0 Å². The maximum absolute atomic E-state index is 11.5. The van der Waals surface area contributed by atoms with Crippen molar-refractivity contribution >= 4 is 21.9 Å². The summed E-state index contributed by atoms with van der Waals surface area (Å²) in [6, 6.07) is 3.98. The molecule has 0 unspecified atom stereocenters. The number of carbonyl (C=O) groups excluding carboxylic acids is 1. The molecule has 1 aromatic carbocycles. The SMILES string of the molecule is CC.CCC.COC(=O)c1c(C)cc(C)cc1CBr. The number of carbonyl (C=O) groups is 1. The fourth-order valence-corrected chi connectivity index (χ4v) is 2.00. The van der Waals surface area contributed by atoms with E-state index < -0.39 is 0 Å². The molecule has 1 rings (SSSR count). The smallest absolute Gasteiger partial charge is 0.338 e. The molecule has 0 saturated heterocycles. The largest absolute Gasteiger partial charge is 0.465 e. The third-order valence-corrected chi connectivity index (χ3v) is 2.70. The van der Waals surface area contributed by atoms with Crippen LogP contribution in [0.3, 0.4) is 0 Å². The van der Waals surface area contributed by atoms with Gasteiger partial charge in [0, 0.05) is 5.33 Å². The van der Waals surface area contributed by atoms with E-state index in [1.54, 1.807) is 0 Å². The van der Waals surface area contributed by atoms with Crippen LogP contribution in [0.15, 0.2) is 12.1 Å². The van der Waals surface area contributed by atoms with Crippen molar-refractivity contribution in [3.63, 3.8) is 0 Å². The first kappa shape index (κ1) is 20.5. The van der Waals surface area contributed by atoms with Gasteiger partial charge in [0.25, 0.3) is 0 Å². The second kappa shape index (κ2) is 12.2. The molecule has 0 aliphatic carbocycles. The topological polar surface area (TPSA) is 26.3 Å². The van der Waals surface area contributed by atoms with Gasteiger partial charge in [-0.3, -0.25) is 0 Å². The van der Waals surface area contributed by atoms with Crippen molar-refractivity contribution in [2.45, 2.75) is 53.3 Å². The van der Waals surface area contributed by atoms with Crippen molar-refractivity contribution in [3.05, 3.63) is 34.4 Å². The van der Waals surface area contributed by atoms with Crippen molar-refractivity contribution < 1.29 is 9.53 Å². The zero-order valence-electron chi connectivity index (χ0n) is 13.3. The summed E-state index contributed by atoms with van der Waals surface area (Å²) < 4.78 is 4.74. The first-order chi connectivity index (χ1) is 9.01. The molecule has 0 fully saturated rings. The summed E-state index contributed by atoms with van der Waals surface area (Å²) in [7, 11) is 1.40. The average Bonchev–Trinajstić information content (AvgIpc) is 2.40. The van der Waals surface area contributed by atoms with Gasteiger partial charge < -0.3 is 4.74 Å². The first-order valence-electron chi connectivity index (χ1n) is 6.76. The van der Waals surface area contributed by atoms with Crippen molar-refractivity contribution in [1.82, 2.24) is 0 Å². The summed E-state index contributed by atoms with van der Waals surface area (Å²) in [5, 5.41) is 0.667. The van der Waals surface area contributed by atoms with Crippen LogP contribution in [0, 0.1) is 13.8 Å². The molecular weight excluding hydrogens is 304 g/mol. The normalized spacial score (nSPS) is 8.63. The van der Waals surface area contributed by atoms with Gasteiger partial charge in [0.1, 0.15) is 0 Å². The molecule has 110 valence electrons. The Bertz CT molecular complexity index is 373. The highest BCUT2D eigenvalue weighted by Crippen LogP contribution is 2.20. The Hall–Kier alpha value is -0.830. The van der Waals surface area contributed by atoms with Gasteiger partial charge in [-0.1, -0.05) is 67.7 Å². The fourth-order valence-electron chi connectivity index (χ4n) is 1.56. The molecule has 3 heteroatoms. The molecule has 0 spiro atoms. The Morgan fingerprint density at radius 2 is 1.68 bits per heavy atom. The summed E-state index contributed by atoms with van der Waals surface area (Å²) in [6.45, 7) is 12.2. The minimum atomic E-state index is -0.267. The number of ether oxygens (including phenoxy) is 1. The molecule has 1 aromatic rings. The number of benzene rings is 1. The molecule has 0 radical (unpaired) electrons. The molecule has 0 atom stereocenters. The Labute approximate surface area is 126 Å². The van der Waals surface area contributed by atoms with E-state index in [-0.39, 0.29) is 5.97 Å². The molecule has 0 aromatic heterocycles. The van der Waals surface area contributed by atoms with Gasteiger partial charge in [-0.2, -0.15) is 0 Å². The van der Waals surface area contributed by atoms with E-state index in [1.165, 1.54) is 13.5 Å². The van der Waals surface area contributed by atoms with E-state index in [1.807, 2.05) is 39.8 Å². The van der Waals surface area contributed by atoms with Crippen LogP contribution in [0.25, 0.3) is 0 Å². The molecule has 0 heterocycles. The molecule has 19 heavy (non-hydrogen) atoms. The van der Waals surface area contributed by atoms with Crippen LogP contribution >= 0.6 is 15.9 Å². The summed E-state index contributed by atoms with van der Waals surface area (Å²) in [4.78, 5) is 11.5. The molecule has 2 nitrogen and oxygen atoms in total. The van der Waals surface area contributed by atoms with Gasteiger partial charge in [-0.15, -0.1) is 0 Å². The highest BCUT2D eigenvalue weighted by molar-refractivity contribution is 9.08. The van der Waals surface area contributed by atoms with Crippen molar-refractivity contribution in [2.24, 2.45) is 0 Å². The van der Waals surface area contributed by atoms with Gasteiger partial charge in [-0.05, 0) is 25.0 Å². The van der Waals surface area contributed by atoms with E-state index in [9.17, 15) is 4.79 Å². The van der Waals surface area contributed by atoms with E-state index in [4.69, 9.17) is 4.74 Å². The lowest BCUT2D eigenvalue weighted by atomic mass is 10.00. The highest BCUT2D eigenvalue weighted by Gasteiger charge is 2.14. The molecular formula is C16H27BrO2. The van der Waals surface area contributed by atoms with E-state index in [0.29, 0.717) is 10.9 Å². The van der Waals surface area contributed by atoms with Crippen LogP contribution in [0.2, 0.25) is 0 Å². The third-order valence-electron chi connectivity index (χ3n) is 2.10. The van der Waals surface area contributed by atoms with Gasteiger partial charge in [0.2, 0.25) is 0 Å². The summed E-state index contributed by atoms with van der Waals surface area (Å²) in [6.07, 6.45) is 1.25. The number of methoxy groups -OCH3 is 1. The number of rotatable bonds is 2. The highest BCUT2D eigenvalue weighted by atomic mass is 79.9. The first-order valence-corrected chi connectivity index (χ1v) is 7.88. The summed E-state index contributed by atoms with van der Waals surface area (Å²) in [5.74, 6) is -0.267. The Morgan fingerprint density at radius 1 is 1.21 bits per heavy atom. The van der Waals surface area contributed by atoms with Crippen molar-refractivity contribution in [1.29, 1.82) is 0 Å². The molecule has 0 aliphatic heterocycles. The quantitative estimate of drug-likeness (QED) is 0.534. The van der Waals surface area contributed by atoms with Gasteiger partial charge in [0.05, 0.1) is 12.7 Å². The molecule has 0 aliphatic rings. The number of hydrogen-bond acceptors (Lipinski definition) is 2. The fraction of sp³-hybridized carbons (Fsp3) is 0.562. The predicted octanol–water partition coefficient (Wildman–Crippen LogP) is 5.43. The zero-order valence-corrected chi connectivity index (χ0v) is 14.8. The Morgan fingerprint density at radius 3 is 2.05 bits per heavy atom. The van der Waals surface area contributed by atoms with Crippen LogP contribution in [0.4, 0.5) is 0 Å². The monoisotopic (exact) mass is 330 g/mol. The minimum absolute atomic E-state index is 0.267. The van der Waals surface area contributed by atoms with Crippen molar-refractivity contribution in [2.75, 3.05) is 7.11 Å². The average molecular weight is 331 g/mol. The standard InChI is InChI=1S/C11H13BrO2.C3H8.C2H6/c1-7-4-8(2)10(11(13)14-3)9(5-7)6-12;1-3-2;1-2/h4-5H,6H2,1-3H3;3H2,1-2H3;1-2H3. The molecule has 0 saturated carbocycles. The van der Waals surface area contributed by atoms with E-state index in [0.717, 1.165) is 16.7 Å². The van der Waals surface area contributed by atoms with Crippen LogP contribution in [0.5, 0.6) is 0 Å². The summed E-state index contributed by atoms with van der Waals surface area (Å²) in [5.41, 5.74) is 3.78. The molecule has 0 N–H and O–H groups in total. The van der Waals surface area contributed by atoms with E-state index in [2.05, 4.69) is 29.8 Å². The van der Waals surface area contributed by atoms with Gasteiger partial charge >= 0.3 is 5.97 Å². The number of esters is 1. The summed E-state index contributed by atoms with van der Waals surface area (Å²) >= 11 is 3.37. The maximum Gasteiger partial charge on any atom is 0.338 e. The van der Waals surface area contributed by atoms with Gasteiger partial charge in [-0.25, -0.2) is 4.79 Å². The second-order valence-corrected chi connectivity index (χ2v) is 4.51. The minimum Gasteiger partial charge on any atom is -0.465 e. The zero-order chi connectivity index (χ0) is 15.4. The number of alkyl halides is 1. The van der Waals surface area contributed by atoms with Crippen LogP contribution in [-0.4, -0.2) is 13.1 Å². The lowest BCUT2D eigenvalue weighted by molar-refractivity contribution is 0.0599. The number of hydrogen-bond donors (Lipinski definition) is 0. The van der Waals surface area contributed by atoms with E-state index >= 15 is 0 Å². The van der Waals surface area contributed by atoms with Crippen LogP contribution in [-0.2, 0) is 10.1 Å². The predicted molar refractivity (Wildman–Crippen MR) is 87.2 cm³/mol. The lowest BCUT2D eigenvalue weighted by Gasteiger charge is -2.09. The Kier molecular flexibility index (Phi) is 13.2. The maximum atomic E-state index is 11.5. The van der Waals surface area contributed by atoms with Gasteiger partial charge in [0.15, 0.2) is 0 Å². The third kappa shape index (κ3) is 7.36. The molecule has 0 amide bonds. The Balaban J connectivity index is 0. The number of aryl methyl sites for hydroxylation is 2. The van der Waals surface area contributed by atoms with Crippen LogP contribution < -0.4 is 0 Å². The number of halogens is 1. The molecule has 0 bridgehead atoms. The lowest BCUT2D eigenvalue weighted by Crippen LogP contribution is -2.07. The van der Waals surface area contributed by atoms with Crippen LogP contribution in [0.1, 0.15) is 61.2 Å².